The second-order valence-corrected chi connectivity index (χ2v) is 8.11. The smallest absolute Gasteiger partial charge is 0.246 e. The quantitative estimate of drug-likeness (QED) is 0.828. The van der Waals surface area contributed by atoms with Gasteiger partial charge in [-0.25, -0.2) is 8.42 Å². The van der Waals surface area contributed by atoms with Gasteiger partial charge in [0.05, 0.1) is 7.11 Å². The molecule has 1 aromatic rings. The predicted molar refractivity (Wildman–Crippen MR) is 92.8 cm³/mol. The lowest BCUT2D eigenvalue weighted by Crippen LogP contribution is -2.43. The minimum Gasteiger partial charge on any atom is -0.495 e. The lowest BCUT2D eigenvalue weighted by Gasteiger charge is -2.30. The monoisotopic (exact) mass is 374 g/mol. The molecule has 6 nitrogen and oxygen atoms in total. The molecule has 0 saturated carbocycles. The van der Waals surface area contributed by atoms with Crippen molar-refractivity contribution in [1.82, 2.24) is 9.62 Å². The Morgan fingerprint density at radius 3 is 2.62 bits per heavy atom. The summed E-state index contributed by atoms with van der Waals surface area (Å²) in [5, 5.41) is 3.20. The minimum atomic E-state index is -3.70. The first-order valence-corrected chi connectivity index (χ1v) is 9.83. The normalized spacial score (nSPS) is 16.8. The zero-order valence-corrected chi connectivity index (χ0v) is 15.5. The third kappa shape index (κ3) is 4.20. The number of hydrogen-bond acceptors (Lipinski definition) is 4. The number of piperidine rings is 1. The summed E-state index contributed by atoms with van der Waals surface area (Å²) < 4.78 is 32.3. The van der Waals surface area contributed by atoms with E-state index in [-0.39, 0.29) is 22.5 Å². The molecule has 1 aliphatic heterocycles. The van der Waals surface area contributed by atoms with Crippen LogP contribution >= 0.6 is 11.6 Å². The summed E-state index contributed by atoms with van der Waals surface area (Å²) in [6.07, 6.45) is 1.91. The van der Waals surface area contributed by atoms with Crippen molar-refractivity contribution in [2.75, 3.05) is 26.7 Å². The van der Waals surface area contributed by atoms with Crippen LogP contribution < -0.4 is 10.1 Å². The molecule has 0 bridgehead atoms. The summed E-state index contributed by atoms with van der Waals surface area (Å²) in [5.41, 5.74) is 0. The van der Waals surface area contributed by atoms with Crippen LogP contribution in [0, 0.1) is 5.92 Å². The van der Waals surface area contributed by atoms with Gasteiger partial charge >= 0.3 is 0 Å². The van der Waals surface area contributed by atoms with Crippen molar-refractivity contribution >= 4 is 27.5 Å². The Balaban J connectivity index is 2.10. The van der Waals surface area contributed by atoms with Crippen LogP contribution in [0.15, 0.2) is 23.1 Å². The van der Waals surface area contributed by atoms with Crippen molar-refractivity contribution in [3.05, 3.63) is 23.2 Å². The molecule has 24 heavy (non-hydrogen) atoms. The molecular formula is C16H23ClN2O4S. The maximum absolute atomic E-state index is 12.9. The number of halogens is 1. The highest BCUT2D eigenvalue weighted by molar-refractivity contribution is 7.89. The number of nitrogens with zero attached hydrogens (tertiary/aromatic N) is 1. The fourth-order valence-electron chi connectivity index (χ4n) is 2.74. The van der Waals surface area contributed by atoms with Crippen molar-refractivity contribution in [2.45, 2.75) is 31.1 Å². The largest absolute Gasteiger partial charge is 0.495 e. The van der Waals surface area contributed by atoms with Crippen molar-refractivity contribution in [3.8, 4) is 5.75 Å². The fourth-order valence-corrected chi connectivity index (χ4v) is 4.63. The molecule has 1 heterocycles. The van der Waals surface area contributed by atoms with E-state index in [0.717, 1.165) is 6.42 Å². The van der Waals surface area contributed by atoms with Gasteiger partial charge in [0.1, 0.15) is 10.6 Å². The van der Waals surface area contributed by atoms with E-state index in [2.05, 4.69) is 5.32 Å². The van der Waals surface area contributed by atoms with Crippen LogP contribution in [0.1, 0.15) is 26.2 Å². The van der Waals surface area contributed by atoms with Gasteiger partial charge in [-0.3, -0.25) is 4.79 Å². The Hall–Kier alpha value is -1.31. The number of sulfonamides is 1. The molecule has 0 aromatic heterocycles. The van der Waals surface area contributed by atoms with Crippen LogP contribution in [0.4, 0.5) is 0 Å². The molecule has 134 valence electrons. The molecule has 0 radical (unpaired) electrons. The van der Waals surface area contributed by atoms with Crippen LogP contribution in [0.25, 0.3) is 0 Å². The molecule has 8 heteroatoms. The van der Waals surface area contributed by atoms with Gasteiger partial charge in [-0.05, 0) is 37.5 Å². The first kappa shape index (κ1) is 19.0. The van der Waals surface area contributed by atoms with Crippen LogP contribution in [0.2, 0.25) is 5.02 Å². The number of methoxy groups -OCH3 is 1. The van der Waals surface area contributed by atoms with Gasteiger partial charge in [0.25, 0.3) is 0 Å². The standard InChI is InChI=1S/C16H23ClN2O4S/c1-3-8-18-16(20)12-6-9-19(10-7-12)24(21,22)15-11-13(17)4-5-14(15)23-2/h4-5,11-12H,3,6-10H2,1-2H3,(H,18,20). The van der Waals surface area contributed by atoms with E-state index in [1.807, 2.05) is 6.92 Å². The van der Waals surface area contributed by atoms with E-state index in [4.69, 9.17) is 16.3 Å². The topological polar surface area (TPSA) is 75.7 Å². The number of nitrogens with one attached hydrogen (secondary N) is 1. The molecule has 0 unspecified atom stereocenters. The fraction of sp³-hybridized carbons (Fsp3) is 0.562. The van der Waals surface area contributed by atoms with Crippen molar-refractivity contribution in [3.63, 3.8) is 0 Å². The molecule has 1 N–H and O–H groups in total. The Morgan fingerprint density at radius 2 is 2.04 bits per heavy atom. The average molecular weight is 375 g/mol. The van der Waals surface area contributed by atoms with E-state index < -0.39 is 10.0 Å². The molecule has 1 fully saturated rings. The van der Waals surface area contributed by atoms with Crippen molar-refractivity contribution < 1.29 is 17.9 Å². The van der Waals surface area contributed by atoms with Gasteiger partial charge < -0.3 is 10.1 Å². The first-order chi connectivity index (χ1) is 11.4. The molecule has 1 amide bonds. The van der Waals surface area contributed by atoms with Gasteiger partial charge in [0.15, 0.2) is 0 Å². The molecule has 2 rings (SSSR count). The minimum absolute atomic E-state index is 0.00855. The maximum Gasteiger partial charge on any atom is 0.246 e. The summed E-state index contributed by atoms with van der Waals surface area (Å²) in [5.74, 6) is 0.140. The molecule has 1 aliphatic rings. The summed E-state index contributed by atoms with van der Waals surface area (Å²) in [6, 6.07) is 4.53. The Morgan fingerprint density at radius 1 is 1.38 bits per heavy atom. The number of ether oxygens (including phenoxy) is 1. The highest BCUT2D eigenvalue weighted by Crippen LogP contribution is 2.31. The Kier molecular flexibility index (Phi) is 6.48. The lowest BCUT2D eigenvalue weighted by atomic mass is 9.97. The average Bonchev–Trinajstić information content (AvgIpc) is 2.59. The van der Waals surface area contributed by atoms with E-state index in [0.29, 0.717) is 37.5 Å². The SMILES string of the molecule is CCCNC(=O)C1CCN(S(=O)(=O)c2cc(Cl)ccc2OC)CC1. The van der Waals surface area contributed by atoms with Crippen LogP contribution in [0.5, 0.6) is 5.75 Å². The number of carbonyl (C=O) groups excluding carboxylic acids is 1. The molecule has 1 aromatic carbocycles. The number of benzene rings is 1. The van der Waals surface area contributed by atoms with Crippen LogP contribution in [0.3, 0.4) is 0 Å². The van der Waals surface area contributed by atoms with Crippen molar-refractivity contribution in [1.29, 1.82) is 0 Å². The van der Waals surface area contributed by atoms with Gasteiger partial charge in [-0.2, -0.15) is 4.31 Å². The second kappa shape index (κ2) is 8.18. The summed E-state index contributed by atoms with van der Waals surface area (Å²) in [6.45, 7) is 3.26. The van der Waals surface area contributed by atoms with E-state index in [1.54, 1.807) is 12.1 Å². The summed E-state index contributed by atoms with van der Waals surface area (Å²) in [4.78, 5) is 12.1. The molecule has 1 saturated heterocycles. The Bertz CT molecular complexity index is 685. The number of carbonyl (C=O) groups is 1. The molecular weight excluding hydrogens is 352 g/mol. The molecule has 0 spiro atoms. The van der Waals surface area contributed by atoms with Gasteiger partial charge in [-0.1, -0.05) is 18.5 Å². The van der Waals surface area contributed by atoms with E-state index in [9.17, 15) is 13.2 Å². The van der Waals surface area contributed by atoms with Gasteiger partial charge in [0.2, 0.25) is 15.9 Å². The zero-order valence-electron chi connectivity index (χ0n) is 13.9. The van der Waals surface area contributed by atoms with E-state index >= 15 is 0 Å². The van der Waals surface area contributed by atoms with Crippen molar-refractivity contribution in [2.24, 2.45) is 5.92 Å². The van der Waals surface area contributed by atoms with Crippen LogP contribution in [-0.2, 0) is 14.8 Å². The number of rotatable bonds is 6. The highest BCUT2D eigenvalue weighted by atomic mass is 35.5. The predicted octanol–water partition coefficient (Wildman–Crippen LogP) is 2.28. The third-order valence-corrected chi connectivity index (χ3v) is 6.27. The van der Waals surface area contributed by atoms with Gasteiger partial charge in [0, 0.05) is 30.6 Å². The first-order valence-electron chi connectivity index (χ1n) is 8.01. The lowest BCUT2D eigenvalue weighted by molar-refractivity contribution is -0.126. The maximum atomic E-state index is 12.9. The Labute approximate surface area is 148 Å². The number of amides is 1. The highest BCUT2D eigenvalue weighted by Gasteiger charge is 2.33. The zero-order chi connectivity index (χ0) is 17.7. The summed E-state index contributed by atoms with van der Waals surface area (Å²) >= 11 is 5.94. The van der Waals surface area contributed by atoms with Crippen LogP contribution in [-0.4, -0.2) is 45.4 Å². The van der Waals surface area contributed by atoms with E-state index in [1.165, 1.54) is 17.5 Å². The molecule has 0 aliphatic carbocycles. The third-order valence-electron chi connectivity index (χ3n) is 4.12. The second-order valence-electron chi connectivity index (χ2n) is 5.76. The van der Waals surface area contributed by atoms with Gasteiger partial charge in [-0.15, -0.1) is 0 Å². The summed E-state index contributed by atoms with van der Waals surface area (Å²) in [7, 11) is -2.28. The number of hydrogen-bond donors (Lipinski definition) is 1. The molecule has 0 atom stereocenters.